The van der Waals surface area contributed by atoms with Crippen LogP contribution in [0.25, 0.3) is 0 Å². The topological polar surface area (TPSA) is 111 Å². The van der Waals surface area contributed by atoms with Gasteiger partial charge in [-0.1, -0.05) is 385 Å². The molecule has 0 aliphatic heterocycles. The SMILES string of the molecule is CCCCC/C=C\C/C=C\CCCCCCCCCCCCCCCCCCCC(=O)NC(COP(=O)(O)OCC[N+](C)(C)C)C(/C=C/CCCCCCCCCCCC)OC(=O)CCCCCCCCCCCCCCCCCCCCCCCCCCCCC. The number of allylic oxidation sites excluding steroid dienone is 5. The van der Waals surface area contributed by atoms with E-state index in [-0.39, 0.29) is 25.1 Å². The number of likely N-dealkylation sites (N-methyl/N-ethyl adjacent to an activating group) is 1. The lowest BCUT2D eigenvalue weighted by Gasteiger charge is -2.27. The molecule has 0 saturated heterocycles. The van der Waals surface area contributed by atoms with Gasteiger partial charge in [0, 0.05) is 12.8 Å². The highest BCUT2D eigenvalue weighted by Crippen LogP contribution is 2.43. The first-order chi connectivity index (χ1) is 44.9. The molecule has 0 rings (SSSR count). The second-order valence-electron chi connectivity index (χ2n) is 29.3. The van der Waals surface area contributed by atoms with Gasteiger partial charge in [0.05, 0.1) is 33.8 Å². The van der Waals surface area contributed by atoms with Crippen molar-refractivity contribution in [2.24, 2.45) is 0 Å². The fraction of sp³-hybridized carbons (Fsp3) is 0.902. The Kier molecular flexibility index (Phi) is 70.6. The Morgan fingerprint density at radius 3 is 1.00 bits per heavy atom. The number of rotatable bonds is 76. The number of nitrogens with zero attached hydrogens (tertiary/aromatic N) is 1. The van der Waals surface area contributed by atoms with Crippen LogP contribution >= 0.6 is 7.82 Å². The molecule has 0 fully saturated rings. The summed E-state index contributed by atoms with van der Waals surface area (Å²) in [6.07, 6.45) is 91.9. The Balaban J connectivity index is 4.85. The van der Waals surface area contributed by atoms with Crippen LogP contribution in [0.3, 0.4) is 0 Å². The molecule has 0 aromatic carbocycles. The predicted molar refractivity (Wildman–Crippen MR) is 402 cm³/mol. The summed E-state index contributed by atoms with van der Waals surface area (Å²) < 4.78 is 31.0. The van der Waals surface area contributed by atoms with Crippen LogP contribution < -0.4 is 5.32 Å². The lowest BCUT2D eigenvalue weighted by atomic mass is 10.0. The van der Waals surface area contributed by atoms with E-state index in [1.54, 1.807) is 0 Å². The Hall–Kier alpha value is -1.77. The highest BCUT2D eigenvalue weighted by Gasteiger charge is 2.30. The molecule has 92 heavy (non-hydrogen) atoms. The molecule has 0 heterocycles. The van der Waals surface area contributed by atoms with E-state index in [0.29, 0.717) is 23.9 Å². The summed E-state index contributed by atoms with van der Waals surface area (Å²) in [6, 6.07) is -0.845. The van der Waals surface area contributed by atoms with Gasteiger partial charge in [-0.25, -0.2) is 4.57 Å². The van der Waals surface area contributed by atoms with Crippen molar-refractivity contribution >= 4 is 19.7 Å². The molecule has 10 heteroatoms. The van der Waals surface area contributed by atoms with Crippen molar-refractivity contribution in [2.75, 3.05) is 40.9 Å². The lowest BCUT2D eigenvalue weighted by molar-refractivity contribution is -0.870. The summed E-state index contributed by atoms with van der Waals surface area (Å²) in [4.78, 5) is 38.1. The van der Waals surface area contributed by atoms with Crippen molar-refractivity contribution in [3.05, 3.63) is 36.5 Å². The van der Waals surface area contributed by atoms with Gasteiger partial charge in [0.2, 0.25) is 5.91 Å². The largest absolute Gasteiger partial charge is 0.472 e. The van der Waals surface area contributed by atoms with E-state index in [4.69, 9.17) is 13.8 Å². The minimum Gasteiger partial charge on any atom is -0.456 e. The van der Waals surface area contributed by atoms with Crippen molar-refractivity contribution in [1.29, 1.82) is 0 Å². The van der Waals surface area contributed by atoms with Crippen molar-refractivity contribution in [3.8, 4) is 0 Å². The summed E-state index contributed by atoms with van der Waals surface area (Å²) >= 11 is 0. The number of hydrogen-bond acceptors (Lipinski definition) is 6. The van der Waals surface area contributed by atoms with Gasteiger partial charge in [0.1, 0.15) is 19.3 Å². The summed E-state index contributed by atoms with van der Waals surface area (Å²) in [5.41, 5.74) is 0. The van der Waals surface area contributed by atoms with E-state index >= 15 is 0 Å². The first-order valence-corrected chi connectivity index (χ1v) is 42.3. The molecule has 0 aromatic heterocycles. The van der Waals surface area contributed by atoms with E-state index < -0.39 is 20.0 Å². The Bertz CT molecular complexity index is 1660. The average Bonchev–Trinajstić information content (AvgIpc) is 3.69. The van der Waals surface area contributed by atoms with Gasteiger partial charge >= 0.3 is 13.8 Å². The van der Waals surface area contributed by atoms with Crippen LogP contribution in [0, 0.1) is 0 Å². The van der Waals surface area contributed by atoms with E-state index in [1.807, 2.05) is 27.2 Å². The Morgan fingerprint density at radius 2 is 0.663 bits per heavy atom. The van der Waals surface area contributed by atoms with Gasteiger partial charge in [-0.05, 0) is 63.9 Å². The fourth-order valence-corrected chi connectivity index (χ4v) is 13.3. The zero-order valence-corrected chi connectivity index (χ0v) is 63.5. The maximum absolute atomic E-state index is 13.7. The Morgan fingerprint density at radius 1 is 0.380 bits per heavy atom. The summed E-state index contributed by atoms with van der Waals surface area (Å²) in [5.74, 6) is -0.478. The van der Waals surface area contributed by atoms with E-state index in [2.05, 4.69) is 56.5 Å². The minimum atomic E-state index is -4.46. The molecule has 0 bridgehead atoms. The molecular weight excluding hydrogens is 1160 g/mol. The van der Waals surface area contributed by atoms with Gasteiger partial charge in [0.15, 0.2) is 0 Å². The van der Waals surface area contributed by atoms with Crippen LogP contribution in [0.2, 0.25) is 0 Å². The van der Waals surface area contributed by atoms with Crippen molar-refractivity contribution in [2.45, 2.75) is 437 Å². The fourth-order valence-electron chi connectivity index (χ4n) is 12.6. The molecular formula is C82H160N2O7P+. The van der Waals surface area contributed by atoms with Crippen LogP contribution in [-0.4, -0.2) is 74.3 Å². The molecule has 0 spiro atoms. The number of amides is 1. The Labute approximate surface area is 574 Å². The van der Waals surface area contributed by atoms with Gasteiger partial charge in [-0.3, -0.25) is 18.6 Å². The zero-order chi connectivity index (χ0) is 67.0. The third kappa shape index (κ3) is 72.5. The third-order valence-corrected chi connectivity index (χ3v) is 19.8. The first-order valence-electron chi connectivity index (χ1n) is 40.8. The number of unbranched alkanes of at least 4 members (excludes halogenated alkanes) is 56. The summed E-state index contributed by atoms with van der Waals surface area (Å²) in [5, 5.41) is 3.09. The quantitative estimate of drug-likeness (QED) is 0.0205. The molecule has 0 radical (unpaired) electrons. The maximum atomic E-state index is 13.7. The second kappa shape index (κ2) is 72.0. The van der Waals surface area contributed by atoms with Crippen LogP contribution in [0.15, 0.2) is 36.5 Å². The summed E-state index contributed by atoms with van der Waals surface area (Å²) in [6.45, 7) is 7.07. The summed E-state index contributed by atoms with van der Waals surface area (Å²) in [7, 11) is 1.52. The minimum absolute atomic E-state index is 0.0441. The molecule has 544 valence electrons. The van der Waals surface area contributed by atoms with Crippen LogP contribution in [-0.2, 0) is 27.9 Å². The standard InChI is InChI=1S/C82H159N2O7P/c1-7-10-13-16-19-22-25-28-30-32-34-36-38-40-42-44-46-48-50-52-54-56-59-62-65-68-71-74-81(85)83-79(78-90-92(87,88)89-77-76-84(4,5)6)80(73-70-67-64-61-58-27-24-21-18-15-12-9-3)91-82(86)75-72-69-66-63-60-57-55-53-51-49-47-45-43-41-39-37-35-33-31-29-26-23-20-17-14-11-8-2/h19,22,28,30,70,73,79-80H,7-18,20-21,23-27,29,31-69,71-72,74-78H2,1-6H3,(H-,83,85,87,88)/p+1/b22-19-,30-28-,73-70+. The third-order valence-electron chi connectivity index (χ3n) is 18.8. The van der Waals surface area contributed by atoms with Crippen LogP contribution in [0.1, 0.15) is 425 Å². The van der Waals surface area contributed by atoms with Crippen molar-refractivity contribution < 1.29 is 37.3 Å². The van der Waals surface area contributed by atoms with Crippen LogP contribution in [0.5, 0.6) is 0 Å². The van der Waals surface area contributed by atoms with E-state index in [0.717, 1.165) is 64.2 Å². The molecule has 2 N–H and O–H groups in total. The number of carbonyl (C=O) groups excluding carboxylic acids is 2. The lowest BCUT2D eigenvalue weighted by Crippen LogP contribution is -2.47. The highest BCUT2D eigenvalue weighted by molar-refractivity contribution is 7.47. The van der Waals surface area contributed by atoms with Gasteiger partial charge < -0.3 is 19.4 Å². The average molecular weight is 1320 g/mol. The highest BCUT2D eigenvalue weighted by atomic mass is 31.2. The number of hydrogen-bond donors (Lipinski definition) is 2. The normalized spacial score (nSPS) is 13.5. The molecule has 1 amide bonds. The number of quaternary nitrogens is 1. The molecule has 9 nitrogen and oxygen atoms in total. The second-order valence-corrected chi connectivity index (χ2v) is 30.8. The van der Waals surface area contributed by atoms with Crippen LogP contribution in [0.4, 0.5) is 0 Å². The molecule has 0 aromatic rings. The van der Waals surface area contributed by atoms with Gasteiger partial charge in [-0.2, -0.15) is 0 Å². The van der Waals surface area contributed by atoms with Gasteiger partial charge in [0.25, 0.3) is 0 Å². The number of esters is 1. The first kappa shape index (κ1) is 90.2. The smallest absolute Gasteiger partial charge is 0.456 e. The molecule has 0 aliphatic rings. The molecule has 3 atom stereocenters. The number of ether oxygens (including phenoxy) is 1. The monoisotopic (exact) mass is 1320 g/mol. The zero-order valence-electron chi connectivity index (χ0n) is 62.6. The number of phosphoric acid groups is 1. The van der Waals surface area contributed by atoms with Gasteiger partial charge in [-0.15, -0.1) is 0 Å². The predicted octanol–water partition coefficient (Wildman–Crippen LogP) is 26.5. The molecule has 0 aliphatic carbocycles. The van der Waals surface area contributed by atoms with Crippen molar-refractivity contribution in [1.82, 2.24) is 5.32 Å². The maximum Gasteiger partial charge on any atom is 0.472 e. The number of phosphoric ester groups is 1. The molecule has 0 saturated carbocycles. The van der Waals surface area contributed by atoms with Crippen molar-refractivity contribution in [3.63, 3.8) is 0 Å². The number of nitrogens with one attached hydrogen (secondary N) is 1. The molecule has 3 unspecified atom stereocenters. The number of carbonyl (C=O) groups is 2. The van der Waals surface area contributed by atoms with E-state index in [1.165, 1.54) is 327 Å². The van der Waals surface area contributed by atoms with E-state index in [9.17, 15) is 19.0 Å².